The molecule has 2 amide bonds. The predicted octanol–water partition coefficient (Wildman–Crippen LogP) is 2.65. The minimum absolute atomic E-state index is 0.0179. The maximum Gasteiger partial charge on any atom is 0.319 e. The fourth-order valence-electron chi connectivity index (χ4n) is 2.81. The van der Waals surface area contributed by atoms with E-state index in [1.54, 1.807) is 22.8 Å². The number of nitrogens with zero attached hydrogens (tertiary/aromatic N) is 2. The molecule has 0 aliphatic carbocycles. The van der Waals surface area contributed by atoms with Crippen LogP contribution in [0, 0.1) is 0 Å². The highest BCUT2D eigenvalue weighted by atomic mass is 16.2. The number of carbonyl (C=O) groups excluding carboxylic acids is 1. The smallest absolute Gasteiger partial charge is 0.319 e. The lowest BCUT2D eigenvalue weighted by Gasteiger charge is -2.18. The monoisotopic (exact) mass is 314 g/mol. The Hall–Kier alpha value is -2.37. The van der Waals surface area contributed by atoms with Crippen molar-refractivity contribution in [1.82, 2.24) is 14.9 Å². The van der Waals surface area contributed by atoms with Crippen LogP contribution in [0.4, 0.5) is 10.5 Å². The van der Waals surface area contributed by atoms with Gasteiger partial charge in [0.25, 0.3) is 5.56 Å². The topological polar surface area (TPSA) is 76.0 Å². The minimum Gasteiger partial charge on any atom is -0.335 e. The Morgan fingerprint density at radius 1 is 1.39 bits per heavy atom. The molecule has 6 nitrogen and oxygen atoms in total. The number of fused-ring (bicyclic) bond motifs is 2. The van der Waals surface area contributed by atoms with Crippen LogP contribution in [0.15, 0.2) is 23.0 Å². The molecule has 1 aliphatic rings. The Bertz CT molecular complexity index is 797. The fraction of sp³-hybridized carbons (Fsp3) is 0.471. The van der Waals surface area contributed by atoms with Crippen LogP contribution >= 0.6 is 0 Å². The first kappa shape index (κ1) is 15.5. The summed E-state index contributed by atoms with van der Waals surface area (Å²) in [6.45, 7) is 4.68. The summed E-state index contributed by atoms with van der Waals surface area (Å²) in [6.07, 6.45) is 3.80. The quantitative estimate of drug-likeness (QED) is 0.914. The third-order valence-electron chi connectivity index (χ3n) is 4.31. The van der Waals surface area contributed by atoms with E-state index in [4.69, 9.17) is 0 Å². The summed E-state index contributed by atoms with van der Waals surface area (Å²) in [6, 6.07) is 5.14. The molecule has 0 saturated heterocycles. The van der Waals surface area contributed by atoms with E-state index in [1.165, 1.54) is 0 Å². The molecule has 0 unspecified atom stereocenters. The minimum atomic E-state index is -0.260. The molecule has 2 N–H and O–H groups in total. The number of nitrogens with one attached hydrogen (secondary N) is 2. The van der Waals surface area contributed by atoms with Crippen LogP contribution in [0.1, 0.15) is 38.9 Å². The Labute approximate surface area is 134 Å². The van der Waals surface area contributed by atoms with Gasteiger partial charge in [-0.15, -0.1) is 0 Å². The lowest BCUT2D eigenvalue weighted by molar-refractivity contribution is 0.249. The van der Waals surface area contributed by atoms with E-state index in [-0.39, 0.29) is 17.6 Å². The first-order chi connectivity index (χ1) is 11.1. The summed E-state index contributed by atoms with van der Waals surface area (Å²) in [4.78, 5) is 29.1. The van der Waals surface area contributed by atoms with Gasteiger partial charge in [0, 0.05) is 24.7 Å². The standard InChI is InChI=1S/C17H22N4O2/c1-3-11(2)18-17(23)19-12-7-8-14-13(10-12)16(22)21-9-5-4-6-15(21)20-14/h7-8,10-11H,3-6,9H2,1-2H3,(H2,18,19,23)/t11-/m1/s1. The van der Waals surface area contributed by atoms with Crippen molar-refractivity contribution in [2.75, 3.05) is 5.32 Å². The van der Waals surface area contributed by atoms with Gasteiger partial charge in [-0.25, -0.2) is 9.78 Å². The van der Waals surface area contributed by atoms with Crippen molar-refractivity contribution in [2.45, 2.75) is 52.1 Å². The van der Waals surface area contributed by atoms with Crippen LogP contribution in [0.3, 0.4) is 0 Å². The Morgan fingerprint density at radius 2 is 2.22 bits per heavy atom. The van der Waals surface area contributed by atoms with Crippen molar-refractivity contribution >= 4 is 22.6 Å². The number of urea groups is 1. The largest absolute Gasteiger partial charge is 0.335 e. The van der Waals surface area contributed by atoms with Crippen molar-refractivity contribution in [2.24, 2.45) is 0 Å². The number of benzene rings is 1. The summed E-state index contributed by atoms with van der Waals surface area (Å²) >= 11 is 0. The molecule has 2 heterocycles. The molecule has 1 atom stereocenters. The van der Waals surface area contributed by atoms with Gasteiger partial charge in [0.05, 0.1) is 10.9 Å². The van der Waals surface area contributed by atoms with Gasteiger partial charge in [-0.2, -0.15) is 0 Å². The van der Waals surface area contributed by atoms with Gasteiger partial charge in [0.2, 0.25) is 0 Å². The van der Waals surface area contributed by atoms with E-state index >= 15 is 0 Å². The number of carbonyl (C=O) groups is 1. The molecular weight excluding hydrogens is 292 g/mol. The lowest BCUT2D eigenvalue weighted by Crippen LogP contribution is -2.35. The van der Waals surface area contributed by atoms with Gasteiger partial charge < -0.3 is 10.6 Å². The first-order valence-corrected chi connectivity index (χ1v) is 8.19. The van der Waals surface area contributed by atoms with E-state index in [1.807, 2.05) is 13.8 Å². The van der Waals surface area contributed by atoms with Gasteiger partial charge >= 0.3 is 6.03 Å². The Balaban J connectivity index is 1.91. The molecule has 0 fully saturated rings. The summed E-state index contributed by atoms with van der Waals surface area (Å²) in [5.41, 5.74) is 1.28. The number of amides is 2. The van der Waals surface area contributed by atoms with Gasteiger partial charge in [-0.05, 0) is 44.4 Å². The molecular formula is C17H22N4O2. The van der Waals surface area contributed by atoms with E-state index in [2.05, 4.69) is 15.6 Å². The molecule has 0 saturated carbocycles. The average Bonchev–Trinajstić information content (AvgIpc) is 2.55. The van der Waals surface area contributed by atoms with E-state index < -0.39 is 0 Å². The molecule has 23 heavy (non-hydrogen) atoms. The van der Waals surface area contributed by atoms with Crippen molar-refractivity contribution in [3.63, 3.8) is 0 Å². The van der Waals surface area contributed by atoms with Crippen LogP contribution in [-0.4, -0.2) is 21.6 Å². The second-order valence-corrected chi connectivity index (χ2v) is 6.08. The molecule has 1 aromatic carbocycles. The molecule has 1 aromatic heterocycles. The number of aryl methyl sites for hydroxylation is 1. The summed E-state index contributed by atoms with van der Waals surface area (Å²) < 4.78 is 1.76. The van der Waals surface area contributed by atoms with E-state index in [0.717, 1.165) is 38.1 Å². The average molecular weight is 314 g/mol. The normalized spacial score (nSPS) is 15.0. The predicted molar refractivity (Wildman–Crippen MR) is 90.8 cm³/mol. The van der Waals surface area contributed by atoms with Crippen molar-refractivity contribution in [3.8, 4) is 0 Å². The second kappa shape index (κ2) is 6.40. The fourth-order valence-corrected chi connectivity index (χ4v) is 2.81. The Morgan fingerprint density at radius 3 is 3.00 bits per heavy atom. The van der Waals surface area contributed by atoms with E-state index in [0.29, 0.717) is 16.6 Å². The highest BCUT2D eigenvalue weighted by Crippen LogP contribution is 2.18. The van der Waals surface area contributed by atoms with Crippen LogP contribution in [0.5, 0.6) is 0 Å². The van der Waals surface area contributed by atoms with Crippen molar-refractivity contribution < 1.29 is 4.79 Å². The molecule has 0 radical (unpaired) electrons. The third-order valence-corrected chi connectivity index (χ3v) is 4.31. The molecule has 1 aliphatic heterocycles. The van der Waals surface area contributed by atoms with Crippen LogP contribution in [0.2, 0.25) is 0 Å². The maximum absolute atomic E-state index is 12.6. The molecule has 122 valence electrons. The molecule has 0 bridgehead atoms. The molecule has 2 aromatic rings. The third kappa shape index (κ3) is 3.21. The summed E-state index contributed by atoms with van der Waals surface area (Å²) in [5.74, 6) is 0.865. The zero-order valence-corrected chi connectivity index (χ0v) is 13.6. The van der Waals surface area contributed by atoms with Gasteiger partial charge in [0.15, 0.2) is 0 Å². The highest BCUT2D eigenvalue weighted by Gasteiger charge is 2.15. The zero-order valence-electron chi connectivity index (χ0n) is 13.6. The zero-order chi connectivity index (χ0) is 16.4. The Kier molecular flexibility index (Phi) is 4.32. The summed E-state index contributed by atoms with van der Waals surface area (Å²) in [5, 5.41) is 6.17. The van der Waals surface area contributed by atoms with Crippen LogP contribution in [0.25, 0.3) is 10.9 Å². The van der Waals surface area contributed by atoms with Crippen molar-refractivity contribution in [3.05, 3.63) is 34.4 Å². The number of hydrogen-bond donors (Lipinski definition) is 2. The number of hydrogen-bond acceptors (Lipinski definition) is 3. The van der Waals surface area contributed by atoms with E-state index in [9.17, 15) is 9.59 Å². The van der Waals surface area contributed by atoms with Gasteiger partial charge in [0.1, 0.15) is 5.82 Å². The van der Waals surface area contributed by atoms with Crippen LogP contribution < -0.4 is 16.2 Å². The highest BCUT2D eigenvalue weighted by molar-refractivity contribution is 5.92. The molecule has 6 heteroatoms. The molecule has 3 rings (SSSR count). The van der Waals surface area contributed by atoms with Gasteiger partial charge in [-0.1, -0.05) is 6.92 Å². The number of aromatic nitrogens is 2. The molecule has 0 spiro atoms. The number of anilines is 1. The second-order valence-electron chi connectivity index (χ2n) is 6.08. The van der Waals surface area contributed by atoms with Crippen LogP contribution in [-0.2, 0) is 13.0 Å². The SMILES string of the molecule is CC[C@@H](C)NC(=O)Nc1ccc2nc3n(c(=O)c2c1)CCCC3. The number of rotatable bonds is 3. The van der Waals surface area contributed by atoms with Crippen molar-refractivity contribution in [1.29, 1.82) is 0 Å². The summed E-state index contributed by atoms with van der Waals surface area (Å²) in [7, 11) is 0. The van der Waals surface area contributed by atoms with Gasteiger partial charge in [-0.3, -0.25) is 9.36 Å². The maximum atomic E-state index is 12.6. The first-order valence-electron chi connectivity index (χ1n) is 8.19. The lowest BCUT2D eigenvalue weighted by atomic mass is 10.1.